The second kappa shape index (κ2) is 7.40. The third-order valence-corrected chi connectivity index (χ3v) is 6.09. The monoisotopic (exact) mass is 342 g/mol. The summed E-state index contributed by atoms with van der Waals surface area (Å²) >= 11 is 0. The predicted molar refractivity (Wildman–Crippen MR) is 85.8 cm³/mol. The van der Waals surface area contributed by atoms with Crippen LogP contribution in [0.3, 0.4) is 0 Å². The lowest BCUT2D eigenvalue weighted by molar-refractivity contribution is -0.126. The molecule has 1 aliphatic heterocycles. The normalized spacial score (nSPS) is 20.9. The molecule has 0 aromatic heterocycles. The molecular formula is C16H23FN2O3S. The molecule has 2 atom stereocenters. The largest absolute Gasteiger partial charge is 0.353 e. The maximum atomic E-state index is 13.0. The Morgan fingerprint density at radius 1 is 1.39 bits per heavy atom. The van der Waals surface area contributed by atoms with Crippen LogP contribution in [0.5, 0.6) is 0 Å². The molecule has 5 nitrogen and oxygen atoms in total. The molecule has 23 heavy (non-hydrogen) atoms. The number of nitrogens with zero attached hydrogens (tertiary/aromatic N) is 1. The zero-order valence-electron chi connectivity index (χ0n) is 13.5. The minimum atomic E-state index is -3.69. The van der Waals surface area contributed by atoms with Gasteiger partial charge in [0.05, 0.1) is 10.8 Å². The van der Waals surface area contributed by atoms with Crippen LogP contribution in [-0.2, 0) is 14.8 Å². The van der Waals surface area contributed by atoms with Gasteiger partial charge in [-0.05, 0) is 50.5 Å². The van der Waals surface area contributed by atoms with E-state index in [-0.39, 0.29) is 29.3 Å². The van der Waals surface area contributed by atoms with Crippen molar-refractivity contribution in [2.45, 2.75) is 44.0 Å². The van der Waals surface area contributed by atoms with Crippen molar-refractivity contribution in [2.75, 3.05) is 13.1 Å². The summed E-state index contributed by atoms with van der Waals surface area (Å²) in [7, 11) is -3.69. The molecule has 7 heteroatoms. The van der Waals surface area contributed by atoms with Crippen molar-refractivity contribution < 1.29 is 17.6 Å². The maximum absolute atomic E-state index is 13.0. The second-order valence-electron chi connectivity index (χ2n) is 5.97. The summed E-state index contributed by atoms with van der Waals surface area (Å²) < 4.78 is 39.5. The van der Waals surface area contributed by atoms with Crippen LogP contribution in [0.15, 0.2) is 29.2 Å². The highest BCUT2D eigenvalue weighted by molar-refractivity contribution is 7.89. The standard InChI is InChI=1S/C16H23FN2O3S/c1-3-12(2)18-16(20)13-5-4-10-19(11-13)23(21,22)15-8-6-14(17)7-9-15/h6-9,12-13H,3-5,10-11H2,1-2H3,(H,18,20)/t12-,13+/m0/s1. The number of amides is 1. The number of sulfonamides is 1. The first-order chi connectivity index (χ1) is 10.8. The van der Waals surface area contributed by atoms with Crippen molar-refractivity contribution in [2.24, 2.45) is 5.92 Å². The van der Waals surface area contributed by atoms with E-state index in [1.165, 1.54) is 16.4 Å². The van der Waals surface area contributed by atoms with E-state index in [1.54, 1.807) is 0 Å². The second-order valence-corrected chi connectivity index (χ2v) is 7.91. The molecule has 1 N–H and O–H groups in total. The van der Waals surface area contributed by atoms with Crippen LogP contribution < -0.4 is 5.32 Å². The number of benzene rings is 1. The van der Waals surface area contributed by atoms with Gasteiger partial charge in [0.2, 0.25) is 15.9 Å². The Balaban J connectivity index is 2.11. The van der Waals surface area contributed by atoms with Crippen LogP contribution in [0, 0.1) is 11.7 Å². The Bertz CT molecular complexity index is 646. The fourth-order valence-corrected chi connectivity index (χ4v) is 4.12. The highest BCUT2D eigenvalue weighted by Crippen LogP contribution is 2.24. The van der Waals surface area contributed by atoms with E-state index in [0.29, 0.717) is 19.4 Å². The summed E-state index contributed by atoms with van der Waals surface area (Å²) in [6.45, 7) is 4.46. The van der Waals surface area contributed by atoms with Crippen molar-refractivity contribution in [3.8, 4) is 0 Å². The molecule has 128 valence electrons. The summed E-state index contributed by atoms with van der Waals surface area (Å²) in [4.78, 5) is 12.3. The van der Waals surface area contributed by atoms with Gasteiger partial charge < -0.3 is 5.32 Å². The molecule has 1 heterocycles. The summed E-state index contributed by atoms with van der Waals surface area (Å²) in [5.74, 6) is -0.917. The Kier molecular flexibility index (Phi) is 5.75. The average molecular weight is 342 g/mol. The van der Waals surface area contributed by atoms with Crippen molar-refractivity contribution in [3.05, 3.63) is 30.1 Å². The molecule has 1 aromatic carbocycles. The molecule has 1 saturated heterocycles. The van der Waals surface area contributed by atoms with E-state index in [1.807, 2.05) is 13.8 Å². The molecule has 1 aliphatic rings. The Morgan fingerprint density at radius 2 is 2.04 bits per heavy atom. The minimum Gasteiger partial charge on any atom is -0.353 e. The van der Waals surface area contributed by atoms with Gasteiger partial charge in [0.1, 0.15) is 5.82 Å². The van der Waals surface area contributed by atoms with Gasteiger partial charge in [0, 0.05) is 19.1 Å². The third-order valence-electron chi connectivity index (χ3n) is 4.21. The number of halogens is 1. The molecule has 0 radical (unpaired) electrons. The summed E-state index contributed by atoms with van der Waals surface area (Å²) in [6.07, 6.45) is 2.15. The van der Waals surface area contributed by atoms with Crippen molar-refractivity contribution in [3.63, 3.8) is 0 Å². The number of carbonyl (C=O) groups excluding carboxylic acids is 1. The molecule has 1 aromatic rings. The third kappa shape index (κ3) is 4.29. The van der Waals surface area contributed by atoms with E-state index >= 15 is 0 Å². The molecule has 2 rings (SSSR count). The number of rotatable bonds is 5. The molecule has 0 aliphatic carbocycles. The van der Waals surface area contributed by atoms with E-state index in [9.17, 15) is 17.6 Å². The lowest BCUT2D eigenvalue weighted by Crippen LogP contribution is -2.46. The predicted octanol–water partition coefficient (Wildman–Crippen LogP) is 2.14. The van der Waals surface area contributed by atoms with Gasteiger partial charge in [0.25, 0.3) is 0 Å². The van der Waals surface area contributed by atoms with E-state index < -0.39 is 15.8 Å². The zero-order valence-corrected chi connectivity index (χ0v) is 14.3. The van der Waals surface area contributed by atoms with Gasteiger partial charge in [0.15, 0.2) is 0 Å². The number of nitrogens with one attached hydrogen (secondary N) is 1. The smallest absolute Gasteiger partial charge is 0.243 e. The fourth-order valence-electron chi connectivity index (χ4n) is 2.59. The highest BCUT2D eigenvalue weighted by Gasteiger charge is 2.33. The summed E-state index contributed by atoms with van der Waals surface area (Å²) in [5, 5.41) is 2.91. The Labute approximate surface area is 136 Å². The van der Waals surface area contributed by atoms with Crippen LogP contribution >= 0.6 is 0 Å². The first kappa shape index (κ1) is 17.9. The van der Waals surface area contributed by atoms with Crippen molar-refractivity contribution >= 4 is 15.9 Å². The number of piperidine rings is 1. The molecule has 0 saturated carbocycles. The summed E-state index contributed by atoms with van der Waals surface area (Å²) in [6, 6.07) is 4.85. The topological polar surface area (TPSA) is 66.5 Å². The first-order valence-corrected chi connectivity index (χ1v) is 9.34. The maximum Gasteiger partial charge on any atom is 0.243 e. The number of hydrogen-bond acceptors (Lipinski definition) is 3. The first-order valence-electron chi connectivity index (χ1n) is 7.90. The van der Waals surface area contributed by atoms with Crippen molar-refractivity contribution in [1.29, 1.82) is 0 Å². The van der Waals surface area contributed by atoms with E-state index in [0.717, 1.165) is 18.6 Å². The zero-order chi connectivity index (χ0) is 17.0. The quantitative estimate of drug-likeness (QED) is 0.891. The molecule has 0 bridgehead atoms. The Morgan fingerprint density at radius 3 is 2.65 bits per heavy atom. The molecule has 0 unspecified atom stereocenters. The SMILES string of the molecule is CC[C@H](C)NC(=O)[C@@H]1CCCN(S(=O)(=O)c2ccc(F)cc2)C1. The molecule has 1 fully saturated rings. The lowest BCUT2D eigenvalue weighted by atomic mass is 9.98. The van der Waals surface area contributed by atoms with Gasteiger partial charge in [-0.2, -0.15) is 4.31 Å². The van der Waals surface area contributed by atoms with Crippen LogP contribution in [0.2, 0.25) is 0 Å². The summed E-state index contributed by atoms with van der Waals surface area (Å²) in [5.41, 5.74) is 0. The van der Waals surface area contributed by atoms with Gasteiger partial charge >= 0.3 is 0 Å². The van der Waals surface area contributed by atoms with Crippen LogP contribution in [0.1, 0.15) is 33.1 Å². The van der Waals surface area contributed by atoms with E-state index in [4.69, 9.17) is 0 Å². The molecule has 1 amide bonds. The van der Waals surface area contributed by atoms with Crippen LogP contribution in [0.4, 0.5) is 4.39 Å². The van der Waals surface area contributed by atoms with E-state index in [2.05, 4.69) is 5.32 Å². The fraction of sp³-hybridized carbons (Fsp3) is 0.562. The van der Waals surface area contributed by atoms with Crippen molar-refractivity contribution in [1.82, 2.24) is 9.62 Å². The lowest BCUT2D eigenvalue weighted by Gasteiger charge is -2.31. The van der Waals surface area contributed by atoms with Gasteiger partial charge in [-0.3, -0.25) is 4.79 Å². The number of carbonyl (C=O) groups is 1. The van der Waals surface area contributed by atoms with Crippen LogP contribution in [-0.4, -0.2) is 37.8 Å². The average Bonchev–Trinajstić information content (AvgIpc) is 2.55. The Hall–Kier alpha value is -1.47. The van der Waals surface area contributed by atoms with Gasteiger partial charge in [-0.1, -0.05) is 6.92 Å². The van der Waals surface area contributed by atoms with Gasteiger partial charge in [-0.25, -0.2) is 12.8 Å². The van der Waals surface area contributed by atoms with Gasteiger partial charge in [-0.15, -0.1) is 0 Å². The minimum absolute atomic E-state index is 0.0573. The number of hydrogen-bond donors (Lipinski definition) is 1. The molecular weight excluding hydrogens is 319 g/mol. The van der Waals surface area contributed by atoms with Crippen LogP contribution in [0.25, 0.3) is 0 Å². The molecule has 0 spiro atoms. The highest BCUT2D eigenvalue weighted by atomic mass is 32.2.